The molecule has 0 saturated carbocycles. The van der Waals surface area contributed by atoms with Crippen molar-refractivity contribution in [3.05, 3.63) is 71.5 Å². The smallest absolute Gasteiger partial charge is 0.137 e. The van der Waals surface area contributed by atoms with Crippen LogP contribution in [0, 0.1) is 11.3 Å². The molecule has 1 aromatic heterocycles. The molecule has 0 unspecified atom stereocenters. The molecule has 23 heavy (non-hydrogen) atoms. The molecule has 0 fully saturated rings. The Morgan fingerprint density at radius 3 is 2.61 bits per heavy atom. The van der Waals surface area contributed by atoms with Gasteiger partial charge in [-0.15, -0.1) is 0 Å². The maximum absolute atomic E-state index is 9.75. The van der Waals surface area contributed by atoms with Gasteiger partial charge in [-0.3, -0.25) is 0 Å². The number of H-pyrrole nitrogens is 1. The Kier molecular flexibility index (Phi) is 4.39. The second-order valence-electron chi connectivity index (χ2n) is 5.44. The first kappa shape index (κ1) is 14.9. The highest BCUT2D eigenvalue weighted by atomic mass is 16.3. The fourth-order valence-electron chi connectivity index (χ4n) is 2.66. The van der Waals surface area contributed by atoms with Gasteiger partial charge in [-0.2, -0.15) is 5.26 Å². The van der Waals surface area contributed by atoms with Crippen molar-refractivity contribution in [3.8, 4) is 23.2 Å². The van der Waals surface area contributed by atoms with Crippen LogP contribution in [0.4, 0.5) is 0 Å². The number of aromatic nitrogens is 2. The highest BCUT2D eigenvalue weighted by Gasteiger charge is 2.08. The molecule has 0 radical (unpaired) electrons. The van der Waals surface area contributed by atoms with Crippen LogP contribution in [-0.2, 0) is 12.8 Å². The summed E-state index contributed by atoms with van der Waals surface area (Å²) in [6.45, 7) is 0. The number of nitrogens with zero attached hydrogens (tertiary/aromatic N) is 2. The average molecular weight is 303 g/mol. The van der Waals surface area contributed by atoms with E-state index in [4.69, 9.17) is 5.26 Å². The van der Waals surface area contributed by atoms with E-state index in [-0.39, 0.29) is 5.75 Å². The number of benzene rings is 2. The zero-order valence-corrected chi connectivity index (χ0v) is 12.7. The second-order valence-corrected chi connectivity index (χ2v) is 5.44. The van der Waals surface area contributed by atoms with Gasteiger partial charge in [-0.05, 0) is 60.7 Å². The van der Waals surface area contributed by atoms with E-state index >= 15 is 0 Å². The van der Waals surface area contributed by atoms with Crippen molar-refractivity contribution < 1.29 is 5.11 Å². The van der Waals surface area contributed by atoms with Crippen LogP contribution >= 0.6 is 0 Å². The molecule has 0 saturated heterocycles. The van der Waals surface area contributed by atoms with Gasteiger partial charge in [0.05, 0.1) is 11.6 Å². The first-order valence-corrected chi connectivity index (χ1v) is 7.57. The van der Waals surface area contributed by atoms with E-state index in [2.05, 4.69) is 16.0 Å². The summed E-state index contributed by atoms with van der Waals surface area (Å²) in [6, 6.07) is 15.2. The summed E-state index contributed by atoms with van der Waals surface area (Å²) >= 11 is 0. The normalized spacial score (nSPS) is 10.4. The van der Waals surface area contributed by atoms with Gasteiger partial charge in [0.15, 0.2) is 0 Å². The molecule has 0 aliphatic carbocycles. The quantitative estimate of drug-likeness (QED) is 0.752. The van der Waals surface area contributed by atoms with E-state index in [1.807, 2.05) is 30.3 Å². The molecule has 0 bridgehead atoms. The van der Waals surface area contributed by atoms with Crippen molar-refractivity contribution in [2.75, 3.05) is 0 Å². The molecule has 4 nitrogen and oxygen atoms in total. The van der Waals surface area contributed by atoms with Crippen LogP contribution < -0.4 is 0 Å². The SMILES string of the molecule is N#Cc1ccc(CCCc2cc(O)ccc2-c2ncc[nH]2)cc1. The summed E-state index contributed by atoms with van der Waals surface area (Å²) in [7, 11) is 0. The van der Waals surface area contributed by atoms with Crippen molar-refractivity contribution in [2.45, 2.75) is 19.3 Å². The number of aromatic amines is 1. The molecule has 1 heterocycles. The molecule has 0 amide bonds. The molecule has 2 N–H and O–H groups in total. The summed E-state index contributed by atoms with van der Waals surface area (Å²) in [6.07, 6.45) is 6.26. The Labute approximate surface area is 135 Å². The van der Waals surface area contributed by atoms with Gasteiger partial charge in [0.1, 0.15) is 11.6 Å². The molecule has 114 valence electrons. The maximum Gasteiger partial charge on any atom is 0.137 e. The van der Waals surface area contributed by atoms with Gasteiger partial charge in [0, 0.05) is 18.0 Å². The number of nitriles is 1. The fraction of sp³-hybridized carbons (Fsp3) is 0.158. The molecule has 0 atom stereocenters. The van der Waals surface area contributed by atoms with Gasteiger partial charge >= 0.3 is 0 Å². The molecule has 2 aromatic carbocycles. The van der Waals surface area contributed by atoms with E-state index in [9.17, 15) is 5.11 Å². The van der Waals surface area contributed by atoms with Crippen molar-refractivity contribution in [1.29, 1.82) is 5.26 Å². The number of aromatic hydroxyl groups is 1. The van der Waals surface area contributed by atoms with Crippen molar-refractivity contribution in [2.24, 2.45) is 0 Å². The molecule has 0 aliphatic rings. The summed E-state index contributed by atoms with van der Waals surface area (Å²) in [5.41, 5.74) is 3.99. The van der Waals surface area contributed by atoms with E-state index in [0.29, 0.717) is 5.56 Å². The number of imidazole rings is 1. The third kappa shape index (κ3) is 3.58. The number of aryl methyl sites for hydroxylation is 2. The first-order chi connectivity index (χ1) is 11.3. The zero-order chi connectivity index (χ0) is 16.1. The summed E-state index contributed by atoms with van der Waals surface area (Å²) in [4.78, 5) is 7.41. The minimum absolute atomic E-state index is 0.272. The zero-order valence-electron chi connectivity index (χ0n) is 12.7. The highest BCUT2D eigenvalue weighted by Crippen LogP contribution is 2.26. The first-order valence-electron chi connectivity index (χ1n) is 7.57. The Balaban J connectivity index is 1.70. The van der Waals surface area contributed by atoms with E-state index < -0.39 is 0 Å². The Morgan fingerprint density at radius 2 is 1.91 bits per heavy atom. The lowest BCUT2D eigenvalue weighted by Crippen LogP contribution is -1.94. The number of phenolic OH excluding ortho intramolecular Hbond substituents is 1. The third-order valence-corrected chi connectivity index (χ3v) is 3.84. The number of phenols is 1. The van der Waals surface area contributed by atoms with Gasteiger partial charge in [-0.1, -0.05) is 12.1 Å². The largest absolute Gasteiger partial charge is 0.508 e. The van der Waals surface area contributed by atoms with Crippen LogP contribution in [0.5, 0.6) is 5.75 Å². The molecule has 3 rings (SSSR count). The maximum atomic E-state index is 9.75. The van der Waals surface area contributed by atoms with Gasteiger partial charge in [0.25, 0.3) is 0 Å². The fourth-order valence-corrected chi connectivity index (χ4v) is 2.66. The minimum Gasteiger partial charge on any atom is -0.508 e. The lowest BCUT2D eigenvalue weighted by atomic mass is 9.99. The van der Waals surface area contributed by atoms with Crippen LogP contribution in [0.3, 0.4) is 0 Å². The van der Waals surface area contributed by atoms with Crippen LogP contribution in [-0.4, -0.2) is 15.1 Å². The number of hydrogen-bond donors (Lipinski definition) is 2. The van der Waals surface area contributed by atoms with E-state index in [1.165, 1.54) is 5.56 Å². The summed E-state index contributed by atoms with van der Waals surface area (Å²) < 4.78 is 0. The minimum atomic E-state index is 0.272. The van der Waals surface area contributed by atoms with Gasteiger partial charge in [-0.25, -0.2) is 4.98 Å². The topological polar surface area (TPSA) is 72.7 Å². The predicted octanol–water partition coefficient (Wildman–Crippen LogP) is 3.83. The molecule has 0 spiro atoms. The lowest BCUT2D eigenvalue weighted by Gasteiger charge is -2.08. The second kappa shape index (κ2) is 6.80. The van der Waals surface area contributed by atoms with Gasteiger partial charge < -0.3 is 10.1 Å². The van der Waals surface area contributed by atoms with Crippen LogP contribution in [0.2, 0.25) is 0 Å². The van der Waals surface area contributed by atoms with E-state index in [1.54, 1.807) is 24.5 Å². The number of rotatable bonds is 5. The molecule has 3 aromatic rings. The van der Waals surface area contributed by atoms with E-state index in [0.717, 1.165) is 36.2 Å². The van der Waals surface area contributed by atoms with Crippen LogP contribution in [0.15, 0.2) is 54.9 Å². The predicted molar refractivity (Wildman–Crippen MR) is 88.9 cm³/mol. The van der Waals surface area contributed by atoms with Crippen LogP contribution in [0.25, 0.3) is 11.4 Å². The Morgan fingerprint density at radius 1 is 1.09 bits per heavy atom. The Hall–Kier alpha value is -3.06. The molecular weight excluding hydrogens is 286 g/mol. The number of nitrogens with one attached hydrogen (secondary N) is 1. The highest BCUT2D eigenvalue weighted by molar-refractivity contribution is 5.61. The molecular formula is C19H17N3O. The van der Waals surface area contributed by atoms with Crippen molar-refractivity contribution in [1.82, 2.24) is 9.97 Å². The summed E-state index contributed by atoms with van der Waals surface area (Å²) in [5.74, 6) is 1.09. The number of hydrogen-bond acceptors (Lipinski definition) is 3. The standard InChI is InChI=1S/C19H17N3O/c20-13-15-6-4-14(5-7-15)2-1-3-16-12-17(23)8-9-18(16)19-21-10-11-22-19/h4-12,23H,1-3H2,(H,21,22). The lowest BCUT2D eigenvalue weighted by molar-refractivity contribution is 0.474. The average Bonchev–Trinajstić information content (AvgIpc) is 3.10. The van der Waals surface area contributed by atoms with Gasteiger partial charge in [0.2, 0.25) is 0 Å². The molecule has 0 aliphatic heterocycles. The summed E-state index contributed by atoms with van der Waals surface area (Å²) in [5, 5.41) is 18.6. The van der Waals surface area contributed by atoms with Crippen molar-refractivity contribution >= 4 is 0 Å². The Bertz CT molecular complexity index is 815. The van der Waals surface area contributed by atoms with Crippen molar-refractivity contribution in [3.63, 3.8) is 0 Å². The molecule has 4 heteroatoms. The monoisotopic (exact) mass is 303 g/mol. The van der Waals surface area contributed by atoms with Crippen LogP contribution in [0.1, 0.15) is 23.1 Å². The third-order valence-electron chi connectivity index (χ3n) is 3.84.